The Morgan fingerprint density at radius 3 is 2.61 bits per heavy atom. The van der Waals surface area contributed by atoms with E-state index in [1.165, 1.54) is 31.0 Å². The number of carbonyl (C=O) groups excluding carboxylic acids is 2. The Balaban J connectivity index is 1.61. The summed E-state index contributed by atoms with van der Waals surface area (Å²) in [6.45, 7) is 7.03. The number of likely N-dealkylation sites (N-methyl/N-ethyl adjacent to an activating group) is 1. The highest BCUT2D eigenvalue weighted by molar-refractivity contribution is 6.05. The first-order valence-corrected chi connectivity index (χ1v) is 12.6. The Kier molecular flexibility index (Phi) is 8.26. The minimum Gasteiger partial charge on any atom is -0.491 e. The van der Waals surface area contributed by atoms with Gasteiger partial charge in [-0.15, -0.1) is 0 Å². The predicted octanol–water partition coefficient (Wildman–Crippen LogP) is 4.29. The molecule has 2 aliphatic rings. The van der Waals surface area contributed by atoms with E-state index < -0.39 is 11.7 Å². The van der Waals surface area contributed by atoms with Crippen LogP contribution >= 0.6 is 0 Å². The van der Waals surface area contributed by atoms with Gasteiger partial charge in [0, 0.05) is 51.6 Å². The number of fused-ring (bicyclic) bond motifs is 1. The molecule has 8 heteroatoms. The molecule has 1 aliphatic heterocycles. The Morgan fingerprint density at radius 2 is 1.92 bits per heavy atom. The first-order chi connectivity index (χ1) is 17.3. The third-order valence-electron chi connectivity index (χ3n) is 7.14. The maximum Gasteiger partial charge on any atom is 0.258 e. The molecule has 1 fully saturated rings. The van der Waals surface area contributed by atoms with Crippen LogP contribution in [0.3, 0.4) is 0 Å². The molecule has 2 amide bonds. The normalized spacial score (nSPS) is 23.8. The van der Waals surface area contributed by atoms with E-state index >= 15 is 0 Å². The minimum atomic E-state index is -0.596. The van der Waals surface area contributed by atoms with Crippen molar-refractivity contribution in [3.05, 3.63) is 59.4 Å². The quantitative estimate of drug-likeness (QED) is 0.667. The number of nitrogens with one attached hydrogen (secondary N) is 1. The fourth-order valence-corrected chi connectivity index (χ4v) is 4.65. The van der Waals surface area contributed by atoms with Crippen molar-refractivity contribution in [1.82, 2.24) is 9.80 Å². The molecule has 0 saturated heterocycles. The maximum atomic E-state index is 14.1. The van der Waals surface area contributed by atoms with Crippen molar-refractivity contribution in [2.24, 2.45) is 11.8 Å². The van der Waals surface area contributed by atoms with Crippen LogP contribution < -0.4 is 10.1 Å². The molecule has 7 nitrogen and oxygen atoms in total. The van der Waals surface area contributed by atoms with Crippen LogP contribution in [0.4, 0.5) is 10.1 Å². The summed E-state index contributed by atoms with van der Waals surface area (Å²) >= 11 is 0. The molecule has 1 heterocycles. The number of amides is 2. The van der Waals surface area contributed by atoms with Crippen molar-refractivity contribution < 1.29 is 23.5 Å². The number of nitrogens with zero attached hydrogens (tertiary/aromatic N) is 2. The highest BCUT2D eigenvalue weighted by Crippen LogP contribution is 2.32. The zero-order valence-corrected chi connectivity index (χ0v) is 21.5. The van der Waals surface area contributed by atoms with Crippen LogP contribution in [0.5, 0.6) is 5.75 Å². The Hall–Kier alpha value is -2.97. The Bertz CT molecular complexity index is 1090. The summed E-state index contributed by atoms with van der Waals surface area (Å²) in [5, 5.41) is 2.72. The van der Waals surface area contributed by atoms with Gasteiger partial charge in [0.2, 0.25) is 0 Å². The van der Waals surface area contributed by atoms with Crippen LogP contribution in [0, 0.1) is 17.7 Å². The van der Waals surface area contributed by atoms with E-state index in [0.717, 1.165) is 19.0 Å². The number of hydrogen-bond donors (Lipinski definition) is 1. The number of ether oxygens (including phenoxy) is 2. The van der Waals surface area contributed by atoms with Crippen molar-refractivity contribution in [2.45, 2.75) is 38.8 Å². The van der Waals surface area contributed by atoms with E-state index in [2.05, 4.69) is 24.1 Å². The molecule has 194 valence electrons. The number of rotatable bonds is 5. The highest BCUT2D eigenvalue weighted by atomic mass is 19.1. The summed E-state index contributed by atoms with van der Waals surface area (Å²) in [6.07, 6.45) is 2.42. The van der Waals surface area contributed by atoms with E-state index in [9.17, 15) is 14.0 Å². The minimum absolute atomic E-state index is 0.0499. The van der Waals surface area contributed by atoms with Gasteiger partial charge in [-0.1, -0.05) is 19.1 Å². The zero-order valence-electron chi connectivity index (χ0n) is 21.5. The lowest BCUT2D eigenvalue weighted by Crippen LogP contribution is -2.47. The first-order valence-electron chi connectivity index (χ1n) is 12.6. The van der Waals surface area contributed by atoms with Crippen LogP contribution in [-0.2, 0) is 4.74 Å². The van der Waals surface area contributed by atoms with Gasteiger partial charge < -0.3 is 19.7 Å². The lowest BCUT2D eigenvalue weighted by molar-refractivity contribution is 0.00994. The fourth-order valence-electron chi connectivity index (χ4n) is 4.65. The standard InChI is InChI=1S/C28H36FN3O4/c1-18-14-32(15-20-9-10-20)19(2)17-36-25-13-21(30-27(33)22-7-5-6-8-24(22)29)11-12-23(25)28(34)31(3)16-26(18)35-4/h5-8,11-13,18-20,26H,9-10,14-17H2,1-4H3,(H,30,33)/t18-,19-,26+/m1/s1. The third-order valence-corrected chi connectivity index (χ3v) is 7.14. The molecule has 2 aromatic rings. The number of benzene rings is 2. The second kappa shape index (κ2) is 11.4. The van der Waals surface area contributed by atoms with Crippen molar-refractivity contribution in [2.75, 3.05) is 45.7 Å². The van der Waals surface area contributed by atoms with E-state index in [4.69, 9.17) is 9.47 Å². The molecular weight excluding hydrogens is 461 g/mol. The molecule has 4 rings (SSSR count). The van der Waals surface area contributed by atoms with Crippen LogP contribution in [0.1, 0.15) is 47.4 Å². The van der Waals surface area contributed by atoms with Crippen molar-refractivity contribution >= 4 is 17.5 Å². The molecular formula is C28H36FN3O4. The maximum absolute atomic E-state index is 14.1. The van der Waals surface area contributed by atoms with Crippen LogP contribution in [0.15, 0.2) is 42.5 Å². The topological polar surface area (TPSA) is 71.1 Å². The number of carbonyl (C=O) groups is 2. The SMILES string of the molecule is CO[C@H]1CN(C)C(=O)c2ccc(NC(=O)c3ccccc3F)cc2OC[C@@H](C)N(CC2CC2)C[C@H]1C. The molecule has 0 radical (unpaired) electrons. The summed E-state index contributed by atoms with van der Waals surface area (Å²) in [7, 11) is 3.46. The van der Waals surface area contributed by atoms with Gasteiger partial charge >= 0.3 is 0 Å². The van der Waals surface area contributed by atoms with Gasteiger partial charge in [-0.3, -0.25) is 14.5 Å². The van der Waals surface area contributed by atoms with Gasteiger partial charge in [-0.05, 0) is 55.9 Å². The average molecular weight is 498 g/mol. The van der Waals surface area contributed by atoms with E-state index in [1.54, 1.807) is 43.3 Å². The highest BCUT2D eigenvalue weighted by Gasteiger charge is 2.31. The summed E-state index contributed by atoms with van der Waals surface area (Å²) in [6, 6.07) is 10.9. The largest absolute Gasteiger partial charge is 0.491 e. The average Bonchev–Trinajstić information content (AvgIpc) is 3.68. The predicted molar refractivity (Wildman–Crippen MR) is 137 cm³/mol. The zero-order chi connectivity index (χ0) is 25.8. The molecule has 36 heavy (non-hydrogen) atoms. The monoisotopic (exact) mass is 497 g/mol. The van der Waals surface area contributed by atoms with Gasteiger partial charge in [0.25, 0.3) is 11.8 Å². The van der Waals surface area contributed by atoms with Gasteiger partial charge in [-0.2, -0.15) is 0 Å². The Labute approximate surface area is 212 Å². The lowest BCUT2D eigenvalue weighted by atomic mass is 10.0. The number of halogens is 1. The van der Waals surface area contributed by atoms with E-state index in [1.807, 2.05) is 0 Å². The van der Waals surface area contributed by atoms with Gasteiger partial charge in [0.15, 0.2) is 0 Å². The van der Waals surface area contributed by atoms with E-state index in [-0.39, 0.29) is 29.5 Å². The number of methoxy groups -OCH3 is 1. The second-order valence-electron chi connectivity index (χ2n) is 10.1. The van der Waals surface area contributed by atoms with Gasteiger partial charge in [-0.25, -0.2) is 4.39 Å². The smallest absolute Gasteiger partial charge is 0.258 e. The number of hydrogen-bond acceptors (Lipinski definition) is 5. The van der Waals surface area contributed by atoms with Crippen LogP contribution in [0.2, 0.25) is 0 Å². The molecule has 0 aromatic heterocycles. The van der Waals surface area contributed by atoms with E-state index in [0.29, 0.717) is 30.2 Å². The molecule has 0 bridgehead atoms. The molecule has 1 aliphatic carbocycles. The third kappa shape index (κ3) is 6.23. The van der Waals surface area contributed by atoms with Crippen molar-refractivity contribution in [3.8, 4) is 5.75 Å². The summed E-state index contributed by atoms with van der Waals surface area (Å²) in [4.78, 5) is 30.1. The van der Waals surface area contributed by atoms with Crippen LogP contribution in [0.25, 0.3) is 0 Å². The Morgan fingerprint density at radius 1 is 1.17 bits per heavy atom. The van der Waals surface area contributed by atoms with Crippen LogP contribution in [-0.4, -0.2) is 74.2 Å². The number of anilines is 1. The fraction of sp³-hybridized carbons (Fsp3) is 0.500. The molecule has 0 spiro atoms. The molecule has 2 aromatic carbocycles. The van der Waals surface area contributed by atoms with Gasteiger partial charge in [0.1, 0.15) is 18.2 Å². The first kappa shape index (κ1) is 26.1. The second-order valence-corrected chi connectivity index (χ2v) is 10.1. The summed E-state index contributed by atoms with van der Waals surface area (Å²) in [5.74, 6) is 0.00583. The van der Waals surface area contributed by atoms with Crippen molar-refractivity contribution in [3.63, 3.8) is 0 Å². The molecule has 1 saturated carbocycles. The molecule has 3 atom stereocenters. The summed E-state index contributed by atoms with van der Waals surface area (Å²) < 4.78 is 26.1. The summed E-state index contributed by atoms with van der Waals surface area (Å²) in [5.41, 5.74) is 0.784. The molecule has 1 N–H and O–H groups in total. The van der Waals surface area contributed by atoms with Crippen molar-refractivity contribution in [1.29, 1.82) is 0 Å². The van der Waals surface area contributed by atoms with Gasteiger partial charge in [0.05, 0.1) is 17.2 Å². The molecule has 0 unspecified atom stereocenters. The lowest BCUT2D eigenvalue weighted by Gasteiger charge is -2.36.